The Balaban J connectivity index is 1.90. The number of amides is 1. The van der Waals surface area contributed by atoms with Gasteiger partial charge in [-0.05, 0) is 57.2 Å². The Bertz CT molecular complexity index is 1010. The monoisotopic (exact) mass is 367 g/mol. The molecule has 0 saturated carbocycles. The zero-order valence-corrected chi connectivity index (χ0v) is 15.4. The number of fused-ring (bicyclic) bond motifs is 1. The molecule has 0 aliphatic rings. The molecule has 1 aromatic heterocycles. The number of anilines is 1. The molecule has 1 heterocycles. The molecule has 0 bridgehead atoms. The largest absolute Gasteiger partial charge is 0.494 e. The first-order valence-electron chi connectivity index (χ1n) is 8.75. The summed E-state index contributed by atoms with van der Waals surface area (Å²) in [5, 5.41) is 3.32. The van der Waals surface area contributed by atoms with Crippen molar-refractivity contribution in [3.63, 3.8) is 0 Å². The number of carbonyl (C=O) groups excluding carboxylic acids is 1. The Morgan fingerprint density at radius 3 is 2.44 bits per heavy atom. The molecular weight excluding hydrogens is 346 g/mol. The number of benzene rings is 2. The van der Waals surface area contributed by atoms with E-state index < -0.39 is 11.5 Å². The molecule has 3 aromatic rings. The Labute approximate surface area is 156 Å². The summed E-state index contributed by atoms with van der Waals surface area (Å²) in [6, 6.07) is 13.3. The number of carbonyl (C=O) groups is 1. The summed E-state index contributed by atoms with van der Waals surface area (Å²) in [6.07, 6.45) is -0.0136. The van der Waals surface area contributed by atoms with E-state index in [2.05, 4.69) is 5.32 Å². The van der Waals surface area contributed by atoms with E-state index in [1.54, 1.807) is 42.5 Å². The molecule has 0 aliphatic carbocycles. The van der Waals surface area contributed by atoms with Crippen LogP contribution in [-0.2, 0) is 0 Å². The van der Waals surface area contributed by atoms with Gasteiger partial charge in [-0.1, -0.05) is 0 Å². The second-order valence-electron chi connectivity index (χ2n) is 6.22. The summed E-state index contributed by atoms with van der Waals surface area (Å²) in [7, 11) is 0. The summed E-state index contributed by atoms with van der Waals surface area (Å²) in [5.74, 6) is 0.901. The molecule has 1 N–H and O–H groups in total. The van der Waals surface area contributed by atoms with Gasteiger partial charge < -0.3 is 19.2 Å². The maximum atomic E-state index is 12.7. The highest BCUT2D eigenvalue weighted by atomic mass is 16.5. The van der Waals surface area contributed by atoms with Gasteiger partial charge in [0.25, 0.3) is 5.91 Å². The standard InChI is InChI=1S/C21H21NO5/c1-4-25-15-7-5-14(6-8-15)22-21(24)18-12-20(23)27-19-11-16(26-13(2)3)9-10-17(18)19/h5-13H,4H2,1-3H3,(H,22,24). The van der Waals surface area contributed by atoms with Gasteiger partial charge >= 0.3 is 5.63 Å². The molecule has 0 fully saturated rings. The Hall–Kier alpha value is -3.28. The zero-order valence-electron chi connectivity index (χ0n) is 15.4. The van der Waals surface area contributed by atoms with Crippen LogP contribution in [0, 0.1) is 0 Å². The molecule has 0 aliphatic heterocycles. The summed E-state index contributed by atoms with van der Waals surface area (Å²) >= 11 is 0. The maximum Gasteiger partial charge on any atom is 0.337 e. The molecule has 3 rings (SSSR count). The topological polar surface area (TPSA) is 77.8 Å². The highest BCUT2D eigenvalue weighted by Crippen LogP contribution is 2.24. The summed E-state index contributed by atoms with van der Waals surface area (Å²) < 4.78 is 16.2. The molecule has 140 valence electrons. The Morgan fingerprint density at radius 1 is 1.07 bits per heavy atom. The van der Waals surface area contributed by atoms with Gasteiger partial charge in [-0.15, -0.1) is 0 Å². The van der Waals surface area contributed by atoms with E-state index in [1.165, 1.54) is 6.07 Å². The van der Waals surface area contributed by atoms with Crippen LogP contribution in [-0.4, -0.2) is 18.6 Å². The van der Waals surface area contributed by atoms with Crippen molar-refractivity contribution in [2.45, 2.75) is 26.9 Å². The minimum atomic E-state index is -0.596. The Morgan fingerprint density at radius 2 is 1.78 bits per heavy atom. The fourth-order valence-electron chi connectivity index (χ4n) is 2.68. The van der Waals surface area contributed by atoms with Crippen molar-refractivity contribution in [1.82, 2.24) is 0 Å². The number of hydrogen-bond acceptors (Lipinski definition) is 5. The molecule has 6 heteroatoms. The molecule has 27 heavy (non-hydrogen) atoms. The molecule has 0 atom stereocenters. The zero-order chi connectivity index (χ0) is 19.4. The molecule has 0 saturated heterocycles. The van der Waals surface area contributed by atoms with Gasteiger partial charge in [0, 0.05) is 23.2 Å². The molecular formula is C21H21NO5. The lowest BCUT2D eigenvalue weighted by Crippen LogP contribution is -2.15. The van der Waals surface area contributed by atoms with Gasteiger partial charge in [-0.2, -0.15) is 0 Å². The van der Waals surface area contributed by atoms with E-state index in [0.717, 1.165) is 5.75 Å². The fourth-order valence-corrected chi connectivity index (χ4v) is 2.68. The number of nitrogens with one attached hydrogen (secondary N) is 1. The third-order valence-electron chi connectivity index (χ3n) is 3.76. The average Bonchev–Trinajstić information content (AvgIpc) is 2.62. The van der Waals surface area contributed by atoms with Crippen molar-refractivity contribution < 1.29 is 18.7 Å². The van der Waals surface area contributed by atoms with E-state index in [-0.39, 0.29) is 11.7 Å². The lowest BCUT2D eigenvalue weighted by molar-refractivity contribution is 0.102. The van der Waals surface area contributed by atoms with Gasteiger partial charge in [0.15, 0.2) is 0 Å². The van der Waals surface area contributed by atoms with Crippen LogP contribution in [0.4, 0.5) is 5.69 Å². The average molecular weight is 367 g/mol. The number of ether oxygens (including phenoxy) is 2. The van der Waals surface area contributed by atoms with Crippen molar-refractivity contribution >= 4 is 22.6 Å². The number of rotatable bonds is 6. The van der Waals surface area contributed by atoms with Gasteiger partial charge in [0.1, 0.15) is 17.1 Å². The van der Waals surface area contributed by atoms with Crippen molar-refractivity contribution in [1.29, 1.82) is 0 Å². The van der Waals surface area contributed by atoms with Gasteiger partial charge in [-0.25, -0.2) is 4.79 Å². The molecule has 0 spiro atoms. The third kappa shape index (κ3) is 4.47. The van der Waals surface area contributed by atoms with Crippen LogP contribution in [0.1, 0.15) is 31.1 Å². The summed E-state index contributed by atoms with van der Waals surface area (Å²) in [6.45, 7) is 6.28. The SMILES string of the molecule is CCOc1ccc(NC(=O)c2cc(=O)oc3cc(OC(C)C)ccc23)cc1. The minimum absolute atomic E-state index is 0.0136. The first-order valence-corrected chi connectivity index (χ1v) is 8.75. The smallest absolute Gasteiger partial charge is 0.337 e. The van der Waals surface area contributed by atoms with E-state index in [9.17, 15) is 9.59 Å². The minimum Gasteiger partial charge on any atom is -0.494 e. The van der Waals surface area contributed by atoms with Crippen molar-refractivity contribution in [2.24, 2.45) is 0 Å². The molecule has 1 amide bonds. The maximum absolute atomic E-state index is 12.7. The molecule has 0 radical (unpaired) electrons. The van der Waals surface area contributed by atoms with Crippen molar-refractivity contribution in [3.05, 3.63) is 64.5 Å². The highest BCUT2D eigenvalue weighted by Gasteiger charge is 2.14. The summed E-state index contributed by atoms with van der Waals surface area (Å²) in [5.41, 5.74) is 0.550. The second-order valence-corrected chi connectivity index (χ2v) is 6.22. The van der Waals surface area contributed by atoms with Gasteiger partial charge in [0.2, 0.25) is 0 Å². The van der Waals surface area contributed by atoms with Crippen LogP contribution in [0.5, 0.6) is 11.5 Å². The van der Waals surface area contributed by atoms with E-state index in [0.29, 0.717) is 29.0 Å². The van der Waals surface area contributed by atoms with Crippen LogP contribution in [0.2, 0.25) is 0 Å². The molecule has 6 nitrogen and oxygen atoms in total. The normalized spacial score (nSPS) is 10.8. The van der Waals surface area contributed by atoms with Gasteiger partial charge in [0.05, 0.1) is 18.3 Å². The first-order chi connectivity index (χ1) is 13.0. The van der Waals surface area contributed by atoms with Crippen LogP contribution in [0.25, 0.3) is 11.0 Å². The van der Waals surface area contributed by atoms with Crippen LogP contribution >= 0.6 is 0 Å². The first kappa shape index (κ1) is 18.5. The fraction of sp³-hybridized carbons (Fsp3) is 0.238. The third-order valence-corrected chi connectivity index (χ3v) is 3.76. The van der Waals surface area contributed by atoms with Crippen molar-refractivity contribution in [2.75, 3.05) is 11.9 Å². The molecule has 2 aromatic carbocycles. The quantitative estimate of drug-likeness (QED) is 0.660. The Kier molecular flexibility index (Phi) is 5.45. The van der Waals surface area contributed by atoms with Gasteiger partial charge in [-0.3, -0.25) is 4.79 Å². The lowest BCUT2D eigenvalue weighted by Gasteiger charge is -2.11. The predicted octanol–water partition coefficient (Wildman–Crippen LogP) is 4.23. The van der Waals surface area contributed by atoms with Crippen LogP contribution in [0.15, 0.2) is 57.7 Å². The second kappa shape index (κ2) is 7.95. The predicted molar refractivity (Wildman–Crippen MR) is 104 cm³/mol. The number of hydrogen-bond donors (Lipinski definition) is 1. The summed E-state index contributed by atoms with van der Waals surface area (Å²) in [4.78, 5) is 24.6. The molecule has 0 unspecified atom stereocenters. The van der Waals surface area contributed by atoms with Crippen LogP contribution < -0.4 is 20.4 Å². The van der Waals surface area contributed by atoms with E-state index >= 15 is 0 Å². The van der Waals surface area contributed by atoms with Crippen molar-refractivity contribution in [3.8, 4) is 11.5 Å². The van der Waals surface area contributed by atoms with E-state index in [1.807, 2.05) is 20.8 Å². The van der Waals surface area contributed by atoms with E-state index in [4.69, 9.17) is 13.9 Å². The highest BCUT2D eigenvalue weighted by molar-refractivity contribution is 6.12. The van der Waals surface area contributed by atoms with Crippen LogP contribution in [0.3, 0.4) is 0 Å². The lowest BCUT2D eigenvalue weighted by atomic mass is 10.1.